The van der Waals surface area contributed by atoms with Gasteiger partial charge in [-0.15, -0.1) is 11.3 Å². The maximum Gasteiger partial charge on any atom is 0.251 e. The lowest BCUT2D eigenvalue weighted by molar-refractivity contribution is -0.114. The number of rotatable bonds is 4. The summed E-state index contributed by atoms with van der Waals surface area (Å²) in [6.45, 7) is 1.34. The van der Waals surface area contributed by atoms with Crippen LogP contribution in [0.1, 0.15) is 17.3 Å². The van der Waals surface area contributed by atoms with Gasteiger partial charge in [0.15, 0.2) is 9.84 Å². The molecule has 0 saturated carbocycles. The number of benzene rings is 1. The summed E-state index contributed by atoms with van der Waals surface area (Å²) in [7, 11) is -3.26. The van der Waals surface area contributed by atoms with Crippen molar-refractivity contribution < 1.29 is 18.0 Å². The van der Waals surface area contributed by atoms with E-state index in [2.05, 4.69) is 5.32 Å². The molecule has 3 N–H and O–H groups in total. The summed E-state index contributed by atoms with van der Waals surface area (Å²) >= 11 is 1.20. The Labute approximate surface area is 131 Å². The van der Waals surface area contributed by atoms with E-state index in [9.17, 15) is 18.0 Å². The molecule has 2 aromatic rings. The summed E-state index contributed by atoms with van der Waals surface area (Å²) in [5.74, 6) is -0.942. The minimum absolute atomic E-state index is 0.213. The maximum absolute atomic E-state index is 11.4. The zero-order chi connectivity index (χ0) is 16.5. The maximum atomic E-state index is 11.4. The zero-order valence-electron chi connectivity index (χ0n) is 11.9. The normalized spacial score (nSPS) is 11.2. The van der Waals surface area contributed by atoms with Crippen LogP contribution in [0.4, 0.5) is 5.00 Å². The van der Waals surface area contributed by atoms with Gasteiger partial charge >= 0.3 is 0 Å². The van der Waals surface area contributed by atoms with E-state index in [1.54, 1.807) is 18.2 Å². The van der Waals surface area contributed by atoms with Crippen molar-refractivity contribution >= 4 is 38.0 Å². The molecular formula is C14H14N2O4S2. The fourth-order valence-electron chi connectivity index (χ4n) is 1.84. The van der Waals surface area contributed by atoms with Crippen LogP contribution in [0.5, 0.6) is 0 Å². The molecule has 0 saturated heterocycles. The lowest BCUT2D eigenvalue weighted by Crippen LogP contribution is -2.14. The molecule has 1 aromatic carbocycles. The van der Waals surface area contributed by atoms with Crippen molar-refractivity contribution in [3.8, 4) is 10.4 Å². The Kier molecular flexibility index (Phi) is 4.34. The number of carbonyl (C=O) groups excluding carboxylic acids is 2. The highest BCUT2D eigenvalue weighted by Crippen LogP contribution is 2.35. The molecule has 0 bridgehead atoms. The molecule has 8 heteroatoms. The zero-order valence-corrected chi connectivity index (χ0v) is 13.5. The number of hydrogen-bond acceptors (Lipinski definition) is 5. The SMILES string of the molecule is CC(=O)Nc1sc(-c2ccc(S(C)(=O)=O)cc2)cc1C(N)=O. The van der Waals surface area contributed by atoms with Gasteiger partial charge in [0, 0.05) is 18.1 Å². The van der Waals surface area contributed by atoms with Crippen molar-refractivity contribution in [1.82, 2.24) is 0 Å². The number of thiophene rings is 1. The Morgan fingerprint density at radius 2 is 1.77 bits per heavy atom. The molecule has 116 valence electrons. The monoisotopic (exact) mass is 338 g/mol. The van der Waals surface area contributed by atoms with Crippen molar-refractivity contribution in [2.24, 2.45) is 5.73 Å². The number of nitrogens with one attached hydrogen (secondary N) is 1. The predicted molar refractivity (Wildman–Crippen MR) is 85.7 cm³/mol. The lowest BCUT2D eigenvalue weighted by atomic mass is 10.1. The quantitative estimate of drug-likeness (QED) is 0.887. The number of primary amides is 1. The molecule has 0 spiro atoms. The van der Waals surface area contributed by atoms with Crippen LogP contribution in [0.25, 0.3) is 10.4 Å². The molecular weight excluding hydrogens is 324 g/mol. The van der Waals surface area contributed by atoms with Crippen molar-refractivity contribution in [1.29, 1.82) is 0 Å². The predicted octanol–water partition coefficient (Wildman–Crippen LogP) is 1.88. The topological polar surface area (TPSA) is 106 Å². The molecule has 0 aliphatic heterocycles. The molecule has 0 aliphatic carbocycles. The van der Waals surface area contributed by atoms with Crippen LogP contribution in [0, 0.1) is 0 Å². The van der Waals surface area contributed by atoms with Gasteiger partial charge in [-0.1, -0.05) is 12.1 Å². The first-order valence-corrected chi connectivity index (χ1v) is 8.91. The van der Waals surface area contributed by atoms with E-state index in [4.69, 9.17) is 5.73 Å². The summed E-state index contributed by atoms with van der Waals surface area (Å²) in [5, 5.41) is 2.94. The van der Waals surface area contributed by atoms with E-state index >= 15 is 0 Å². The number of carbonyl (C=O) groups is 2. The second-order valence-electron chi connectivity index (χ2n) is 4.70. The highest BCUT2D eigenvalue weighted by Gasteiger charge is 2.16. The Morgan fingerprint density at radius 1 is 1.18 bits per heavy atom. The van der Waals surface area contributed by atoms with Crippen LogP contribution in [0.2, 0.25) is 0 Å². The number of amides is 2. The highest BCUT2D eigenvalue weighted by molar-refractivity contribution is 7.90. The van der Waals surface area contributed by atoms with E-state index in [1.807, 2.05) is 0 Å². The van der Waals surface area contributed by atoms with Gasteiger partial charge in [-0.2, -0.15) is 0 Å². The van der Waals surface area contributed by atoms with Crippen molar-refractivity contribution in [3.05, 3.63) is 35.9 Å². The van der Waals surface area contributed by atoms with E-state index in [0.717, 1.165) is 11.8 Å². The molecule has 6 nitrogen and oxygen atoms in total. The standard InChI is InChI=1S/C14H14N2O4S2/c1-8(17)16-14-11(13(15)18)7-12(21-14)9-3-5-10(6-4-9)22(2,19)20/h3-7H,1-2H3,(H2,15,18)(H,16,17). The lowest BCUT2D eigenvalue weighted by Gasteiger charge is -2.00. The number of anilines is 1. The Hall–Kier alpha value is -2.19. The van der Waals surface area contributed by atoms with Crippen molar-refractivity contribution in [2.75, 3.05) is 11.6 Å². The number of nitrogens with two attached hydrogens (primary N) is 1. The largest absolute Gasteiger partial charge is 0.366 e. The number of sulfone groups is 1. The average Bonchev–Trinajstić information content (AvgIpc) is 2.81. The van der Waals surface area contributed by atoms with Crippen molar-refractivity contribution in [2.45, 2.75) is 11.8 Å². The third-order valence-corrected chi connectivity index (χ3v) is 5.08. The minimum Gasteiger partial charge on any atom is -0.366 e. The molecule has 2 amide bonds. The molecule has 0 aliphatic rings. The molecule has 1 heterocycles. The summed E-state index contributed by atoms with van der Waals surface area (Å²) in [4.78, 5) is 23.5. The fourth-order valence-corrected chi connectivity index (χ4v) is 3.58. The minimum atomic E-state index is -3.26. The Bertz CT molecular complexity index is 836. The van der Waals surface area contributed by atoms with Gasteiger partial charge in [0.25, 0.3) is 5.91 Å². The van der Waals surface area contributed by atoms with Gasteiger partial charge in [-0.25, -0.2) is 8.42 Å². The first kappa shape index (κ1) is 16.2. The van der Waals surface area contributed by atoms with Crippen LogP contribution in [0.3, 0.4) is 0 Å². The van der Waals surface area contributed by atoms with E-state index in [1.165, 1.54) is 30.4 Å². The molecule has 0 unspecified atom stereocenters. The average molecular weight is 338 g/mol. The first-order chi connectivity index (χ1) is 10.2. The van der Waals surface area contributed by atoms with E-state index in [0.29, 0.717) is 9.88 Å². The Balaban J connectivity index is 2.45. The van der Waals surface area contributed by atoms with Crippen LogP contribution in [-0.4, -0.2) is 26.5 Å². The molecule has 22 heavy (non-hydrogen) atoms. The number of hydrogen-bond donors (Lipinski definition) is 2. The van der Waals surface area contributed by atoms with Gasteiger partial charge in [0.2, 0.25) is 5.91 Å². The smallest absolute Gasteiger partial charge is 0.251 e. The highest BCUT2D eigenvalue weighted by atomic mass is 32.2. The van der Waals surface area contributed by atoms with Crippen molar-refractivity contribution in [3.63, 3.8) is 0 Å². The van der Waals surface area contributed by atoms with Gasteiger partial charge in [-0.05, 0) is 23.8 Å². The first-order valence-electron chi connectivity index (χ1n) is 6.20. The second-order valence-corrected chi connectivity index (χ2v) is 7.76. The third kappa shape index (κ3) is 3.52. The fraction of sp³-hybridized carbons (Fsp3) is 0.143. The summed E-state index contributed by atoms with van der Waals surface area (Å²) < 4.78 is 22.9. The molecule has 1 aromatic heterocycles. The van der Waals surface area contributed by atoms with Crippen LogP contribution in [0.15, 0.2) is 35.2 Å². The van der Waals surface area contributed by atoms with Gasteiger partial charge < -0.3 is 11.1 Å². The Morgan fingerprint density at radius 3 is 2.23 bits per heavy atom. The van der Waals surface area contributed by atoms with Crippen LogP contribution >= 0.6 is 11.3 Å². The summed E-state index contributed by atoms with van der Waals surface area (Å²) in [6, 6.07) is 7.85. The molecule has 2 rings (SSSR count). The van der Waals surface area contributed by atoms with Gasteiger partial charge in [0.1, 0.15) is 5.00 Å². The van der Waals surface area contributed by atoms with Crippen LogP contribution in [-0.2, 0) is 14.6 Å². The van der Waals surface area contributed by atoms with Gasteiger partial charge in [-0.3, -0.25) is 9.59 Å². The molecule has 0 fully saturated rings. The third-order valence-electron chi connectivity index (χ3n) is 2.85. The van der Waals surface area contributed by atoms with Gasteiger partial charge in [0.05, 0.1) is 10.5 Å². The summed E-state index contributed by atoms with van der Waals surface area (Å²) in [5.41, 5.74) is 6.26. The van der Waals surface area contributed by atoms with E-state index in [-0.39, 0.29) is 16.4 Å². The summed E-state index contributed by atoms with van der Waals surface area (Å²) in [6.07, 6.45) is 1.13. The second kappa shape index (κ2) is 5.90. The van der Waals surface area contributed by atoms with Crippen LogP contribution < -0.4 is 11.1 Å². The van der Waals surface area contributed by atoms with E-state index < -0.39 is 15.7 Å². The molecule has 0 atom stereocenters. The molecule has 0 radical (unpaired) electrons.